The fourth-order valence-electron chi connectivity index (χ4n) is 1.93. The van der Waals surface area contributed by atoms with Crippen LogP contribution in [-0.2, 0) is 4.74 Å². The highest BCUT2D eigenvalue weighted by Gasteiger charge is 2.09. The van der Waals surface area contributed by atoms with Crippen LogP contribution in [0.3, 0.4) is 0 Å². The Balaban J connectivity index is 3.74. The fourth-order valence-corrected chi connectivity index (χ4v) is 1.93. The molecule has 0 fully saturated rings. The van der Waals surface area contributed by atoms with Crippen molar-refractivity contribution in [2.45, 2.75) is 52.1 Å². The second kappa shape index (κ2) is 10.1. The summed E-state index contributed by atoms with van der Waals surface area (Å²) in [6, 6.07) is 1.29. The third-order valence-electron chi connectivity index (χ3n) is 3.21. The lowest BCUT2D eigenvalue weighted by molar-refractivity contribution is 0.127. The number of nitrogens with one attached hydrogen (secondary N) is 1. The van der Waals surface area contributed by atoms with E-state index in [1.54, 1.807) is 7.11 Å². The largest absolute Gasteiger partial charge is 0.383 e. The average molecular weight is 230 g/mol. The third-order valence-corrected chi connectivity index (χ3v) is 3.21. The summed E-state index contributed by atoms with van der Waals surface area (Å²) >= 11 is 0. The van der Waals surface area contributed by atoms with Gasteiger partial charge in [-0.15, -0.1) is 0 Å². The molecule has 0 aromatic carbocycles. The van der Waals surface area contributed by atoms with E-state index in [0.717, 1.165) is 13.2 Å². The zero-order valence-corrected chi connectivity index (χ0v) is 11.8. The predicted molar refractivity (Wildman–Crippen MR) is 71.0 cm³/mol. The number of hydrogen-bond donors (Lipinski definition) is 1. The van der Waals surface area contributed by atoms with Crippen LogP contribution in [0.1, 0.15) is 40.0 Å². The monoisotopic (exact) mass is 230 g/mol. The van der Waals surface area contributed by atoms with Gasteiger partial charge in [0.05, 0.1) is 6.61 Å². The summed E-state index contributed by atoms with van der Waals surface area (Å²) in [6.07, 6.45) is 3.75. The van der Waals surface area contributed by atoms with Gasteiger partial charge in [-0.05, 0) is 46.7 Å². The number of rotatable bonds is 10. The van der Waals surface area contributed by atoms with E-state index in [2.05, 4.69) is 38.0 Å². The van der Waals surface area contributed by atoms with E-state index in [-0.39, 0.29) is 0 Å². The second-order valence-corrected chi connectivity index (χ2v) is 4.66. The number of nitrogens with zero attached hydrogens (tertiary/aromatic N) is 1. The van der Waals surface area contributed by atoms with Gasteiger partial charge in [0.2, 0.25) is 0 Å². The van der Waals surface area contributed by atoms with Crippen molar-refractivity contribution in [1.29, 1.82) is 0 Å². The predicted octanol–water partition coefficient (Wildman–Crippen LogP) is 2.12. The van der Waals surface area contributed by atoms with E-state index in [1.807, 2.05) is 0 Å². The Morgan fingerprint density at radius 1 is 1.25 bits per heavy atom. The molecule has 1 atom stereocenters. The summed E-state index contributed by atoms with van der Waals surface area (Å²) in [5.41, 5.74) is 0. The van der Waals surface area contributed by atoms with Gasteiger partial charge in [-0.25, -0.2) is 0 Å². The molecule has 16 heavy (non-hydrogen) atoms. The van der Waals surface area contributed by atoms with E-state index in [4.69, 9.17) is 4.74 Å². The Bertz CT molecular complexity index is 147. The van der Waals surface area contributed by atoms with Crippen LogP contribution in [0.15, 0.2) is 0 Å². The molecule has 0 radical (unpaired) electrons. The first-order valence-electron chi connectivity index (χ1n) is 6.55. The molecule has 0 aromatic heterocycles. The molecule has 3 nitrogen and oxygen atoms in total. The van der Waals surface area contributed by atoms with Crippen molar-refractivity contribution in [1.82, 2.24) is 10.2 Å². The van der Waals surface area contributed by atoms with Crippen LogP contribution in [0.25, 0.3) is 0 Å². The first kappa shape index (κ1) is 15.9. The van der Waals surface area contributed by atoms with Crippen LogP contribution in [0, 0.1) is 0 Å². The second-order valence-electron chi connectivity index (χ2n) is 4.66. The molecule has 0 aliphatic carbocycles. The van der Waals surface area contributed by atoms with E-state index in [9.17, 15) is 0 Å². The van der Waals surface area contributed by atoms with Gasteiger partial charge in [0.15, 0.2) is 0 Å². The minimum absolute atomic E-state index is 0.616. The van der Waals surface area contributed by atoms with Crippen molar-refractivity contribution >= 4 is 0 Å². The zero-order valence-electron chi connectivity index (χ0n) is 11.8. The van der Waals surface area contributed by atoms with Crippen molar-refractivity contribution in [3.05, 3.63) is 0 Å². The van der Waals surface area contributed by atoms with E-state index in [1.165, 1.54) is 25.8 Å². The van der Waals surface area contributed by atoms with Crippen molar-refractivity contribution < 1.29 is 4.74 Å². The lowest BCUT2D eigenvalue weighted by Crippen LogP contribution is -2.35. The maximum Gasteiger partial charge on any atom is 0.0589 e. The van der Waals surface area contributed by atoms with Gasteiger partial charge in [-0.3, -0.25) is 4.90 Å². The van der Waals surface area contributed by atoms with Crippen molar-refractivity contribution in [2.24, 2.45) is 0 Å². The summed E-state index contributed by atoms with van der Waals surface area (Å²) < 4.78 is 5.14. The van der Waals surface area contributed by atoms with Crippen LogP contribution in [0.5, 0.6) is 0 Å². The van der Waals surface area contributed by atoms with Gasteiger partial charge in [0.1, 0.15) is 0 Å². The molecule has 0 spiro atoms. The molecule has 0 aliphatic heterocycles. The van der Waals surface area contributed by atoms with Crippen LogP contribution in [0.4, 0.5) is 0 Å². The van der Waals surface area contributed by atoms with Crippen LogP contribution >= 0.6 is 0 Å². The maximum atomic E-state index is 5.14. The van der Waals surface area contributed by atoms with E-state index in [0.29, 0.717) is 12.1 Å². The van der Waals surface area contributed by atoms with Gasteiger partial charge < -0.3 is 10.1 Å². The first-order valence-corrected chi connectivity index (χ1v) is 6.55. The van der Waals surface area contributed by atoms with Crippen molar-refractivity contribution in [2.75, 3.05) is 33.9 Å². The zero-order chi connectivity index (χ0) is 12.4. The Labute approximate surface area is 102 Å². The Hall–Kier alpha value is -0.120. The number of methoxy groups -OCH3 is 1. The average Bonchev–Trinajstić information content (AvgIpc) is 2.28. The lowest BCUT2D eigenvalue weighted by Gasteiger charge is -2.26. The lowest BCUT2D eigenvalue weighted by atomic mass is 10.1. The molecule has 0 heterocycles. The van der Waals surface area contributed by atoms with Gasteiger partial charge in [0, 0.05) is 25.7 Å². The maximum absolute atomic E-state index is 5.14. The normalized spacial score (nSPS) is 13.7. The number of ether oxygens (including phenoxy) is 1. The molecular formula is C13H30N2O. The molecule has 98 valence electrons. The highest BCUT2D eigenvalue weighted by molar-refractivity contribution is 4.67. The fraction of sp³-hybridized carbons (Fsp3) is 1.00. The van der Waals surface area contributed by atoms with Gasteiger partial charge in [-0.1, -0.05) is 6.92 Å². The van der Waals surface area contributed by atoms with Gasteiger partial charge in [-0.2, -0.15) is 0 Å². The highest BCUT2D eigenvalue weighted by atomic mass is 16.5. The van der Waals surface area contributed by atoms with Gasteiger partial charge in [0.25, 0.3) is 0 Å². The smallest absolute Gasteiger partial charge is 0.0589 e. The standard InChI is InChI=1S/C13H30N2O/c1-6-13(14-4)8-7-9-15(12(2)3)10-11-16-5/h12-14H,6-11H2,1-5H3. The molecule has 0 aromatic rings. The van der Waals surface area contributed by atoms with Crippen molar-refractivity contribution in [3.8, 4) is 0 Å². The minimum Gasteiger partial charge on any atom is -0.383 e. The summed E-state index contributed by atoms with van der Waals surface area (Å²) in [7, 11) is 3.83. The quantitative estimate of drug-likeness (QED) is 0.622. The van der Waals surface area contributed by atoms with Gasteiger partial charge >= 0.3 is 0 Å². The van der Waals surface area contributed by atoms with Crippen molar-refractivity contribution in [3.63, 3.8) is 0 Å². The first-order chi connectivity index (χ1) is 7.65. The molecule has 1 unspecified atom stereocenters. The van der Waals surface area contributed by atoms with E-state index < -0.39 is 0 Å². The molecule has 0 rings (SSSR count). The summed E-state index contributed by atoms with van der Waals surface area (Å²) in [6.45, 7) is 9.81. The van der Waals surface area contributed by atoms with E-state index >= 15 is 0 Å². The Kier molecular flexibility index (Phi) is 9.99. The van der Waals surface area contributed by atoms with Crippen LogP contribution in [-0.4, -0.2) is 50.8 Å². The third kappa shape index (κ3) is 7.20. The van der Waals surface area contributed by atoms with Crippen LogP contribution < -0.4 is 5.32 Å². The molecule has 1 N–H and O–H groups in total. The summed E-state index contributed by atoms with van der Waals surface area (Å²) in [5, 5.41) is 3.35. The Morgan fingerprint density at radius 3 is 2.38 bits per heavy atom. The molecule has 0 saturated heterocycles. The molecule has 0 aliphatic rings. The molecule has 0 bridgehead atoms. The molecule has 0 amide bonds. The highest BCUT2D eigenvalue weighted by Crippen LogP contribution is 2.05. The summed E-state index contributed by atoms with van der Waals surface area (Å²) in [5.74, 6) is 0. The number of hydrogen-bond acceptors (Lipinski definition) is 3. The summed E-state index contributed by atoms with van der Waals surface area (Å²) in [4.78, 5) is 2.49. The minimum atomic E-state index is 0.616. The SMILES string of the molecule is CCC(CCCN(CCOC)C(C)C)NC. The Morgan fingerprint density at radius 2 is 1.94 bits per heavy atom. The van der Waals surface area contributed by atoms with Crippen LogP contribution in [0.2, 0.25) is 0 Å². The molecule has 0 saturated carbocycles. The molecular weight excluding hydrogens is 200 g/mol. The molecule has 3 heteroatoms. The topological polar surface area (TPSA) is 24.5 Å².